The molecule has 0 unspecified atom stereocenters. The Kier molecular flexibility index (Phi) is 5.46. The highest BCUT2D eigenvalue weighted by Gasteiger charge is 2.16. The normalized spacial score (nSPS) is 16.6. The molecule has 0 aliphatic heterocycles. The lowest BCUT2D eigenvalue weighted by molar-refractivity contribution is 0.0354. The Morgan fingerprint density at radius 1 is 1.37 bits per heavy atom. The van der Waals surface area contributed by atoms with Crippen molar-refractivity contribution >= 4 is 0 Å². The second kappa shape index (κ2) is 7.11. The zero-order valence-electron chi connectivity index (χ0n) is 12.5. The highest BCUT2D eigenvalue weighted by atomic mass is 16.5. The fraction of sp³-hybridized carbons (Fsp3) is 0.750. The largest absolute Gasteiger partial charge is 0.464 e. The Morgan fingerprint density at radius 2 is 2.11 bits per heavy atom. The summed E-state index contributed by atoms with van der Waals surface area (Å²) in [6.07, 6.45) is 5.50. The van der Waals surface area contributed by atoms with Crippen molar-refractivity contribution in [3.63, 3.8) is 0 Å². The Hall–Kier alpha value is -0.800. The third kappa shape index (κ3) is 4.66. The van der Waals surface area contributed by atoms with Crippen molar-refractivity contribution in [1.82, 2.24) is 5.32 Å². The van der Waals surface area contributed by atoms with Crippen LogP contribution in [0.4, 0.5) is 0 Å². The maximum Gasteiger partial charge on any atom is 0.130 e. The molecule has 1 aromatic heterocycles. The van der Waals surface area contributed by atoms with Crippen LogP contribution in [0.5, 0.6) is 0 Å². The molecule has 3 nitrogen and oxygen atoms in total. The van der Waals surface area contributed by atoms with E-state index >= 15 is 0 Å². The average molecular weight is 265 g/mol. The molecule has 1 aromatic rings. The number of hydrogen-bond acceptors (Lipinski definition) is 3. The van der Waals surface area contributed by atoms with Crippen molar-refractivity contribution in [2.24, 2.45) is 5.92 Å². The van der Waals surface area contributed by atoms with Crippen LogP contribution in [-0.2, 0) is 17.9 Å². The van der Waals surface area contributed by atoms with Crippen LogP contribution < -0.4 is 5.32 Å². The molecule has 3 heteroatoms. The zero-order valence-corrected chi connectivity index (χ0v) is 12.5. The van der Waals surface area contributed by atoms with E-state index in [0.29, 0.717) is 18.6 Å². The zero-order chi connectivity index (χ0) is 13.7. The van der Waals surface area contributed by atoms with Gasteiger partial charge in [-0.05, 0) is 38.3 Å². The Bertz CT molecular complexity index is 378. The SMILES string of the molecule is Cc1oc(COC2CCCC2)cc1CNCC(C)C. The molecule has 1 saturated carbocycles. The van der Waals surface area contributed by atoms with E-state index in [9.17, 15) is 0 Å². The quantitative estimate of drug-likeness (QED) is 0.814. The van der Waals surface area contributed by atoms with Gasteiger partial charge in [-0.2, -0.15) is 0 Å². The van der Waals surface area contributed by atoms with Crippen LogP contribution in [0.2, 0.25) is 0 Å². The molecular weight excluding hydrogens is 238 g/mol. The molecular formula is C16H27NO2. The van der Waals surface area contributed by atoms with E-state index in [2.05, 4.69) is 25.2 Å². The highest BCUT2D eigenvalue weighted by Crippen LogP contribution is 2.23. The van der Waals surface area contributed by atoms with Crippen molar-refractivity contribution in [2.45, 2.75) is 65.7 Å². The third-order valence-corrected chi connectivity index (χ3v) is 3.70. The summed E-state index contributed by atoms with van der Waals surface area (Å²) in [5, 5.41) is 3.45. The fourth-order valence-electron chi connectivity index (χ4n) is 2.58. The topological polar surface area (TPSA) is 34.4 Å². The predicted molar refractivity (Wildman–Crippen MR) is 77.0 cm³/mol. The van der Waals surface area contributed by atoms with Gasteiger partial charge in [0.25, 0.3) is 0 Å². The summed E-state index contributed by atoms with van der Waals surface area (Å²) in [7, 11) is 0. The molecule has 1 heterocycles. The first-order valence-electron chi connectivity index (χ1n) is 7.55. The molecule has 1 N–H and O–H groups in total. The van der Waals surface area contributed by atoms with Gasteiger partial charge in [-0.3, -0.25) is 0 Å². The van der Waals surface area contributed by atoms with E-state index in [-0.39, 0.29) is 0 Å². The third-order valence-electron chi connectivity index (χ3n) is 3.70. The van der Waals surface area contributed by atoms with E-state index < -0.39 is 0 Å². The van der Waals surface area contributed by atoms with Crippen LogP contribution in [0.15, 0.2) is 10.5 Å². The maximum atomic E-state index is 5.89. The Labute approximate surface area is 116 Å². The summed E-state index contributed by atoms with van der Waals surface area (Å²) in [6.45, 7) is 9.02. The first-order chi connectivity index (χ1) is 9.15. The van der Waals surface area contributed by atoms with Crippen molar-refractivity contribution in [2.75, 3.05) is 6.54 Å². The molecule has 0 bridgehead atoms. The lowest BCUT2D eigenvalue weighted by Crippen LogP contribution is -2.19. The molecule has 0 atom stereocenters. The molecule has 2 rings (SSSR count). The van der Waals surface area contributed by atoms with Gasteiger partial charge < -0.3 is 14.5 Å². The molecule has 108 valence electrons. The minimum absolute atomic E-state index is 0.452. The number of furan rings is 1. The van der Waals surface area contributed by atoms with Gasteiger partial charge in [0, 0.05) is 12.1 Å². The second-order valence-electron chi connectivity index (χ2n) is 6.04. The van der Waals surface area contributed by atoms with E-state index in [1.54, 1.807) is 0 Å². The number of nitrogens with one attached hydrogen (secondary N) is 1. The summed E-state index contributed by atoms with van der Waals surface area (Å²) in [4.78, 5) is 0. The molecule has 0 aromatic carbocycles. The predicted octanol–water partition coefficient (Wildman–Crippen LogP) is 3.79. The van der Waals surface area contributed by atoms with Crippen LogP contribution in [-0.4, -0.2) is 12.6 Å². The molecule has 19 heavy (non-hydrogen) atoms. The average Bonchev–Trinajstić information content (AvgIpc) is 2.97. The van der Waals surface area contributed by atoms with Gasteiger partial charge in [-0.25, -0.2) is 0 Å². The minimum atomic E-state index is 0.452. The van der Waals surface area contributed by atoms with Gasteiger partial charge in [-0.1, -0.05) is 26.7 Å². The van der Waals surface area contributed by atoms with Gasteiger partial charge in [0.1, 0.15) is 18.1 Å². The molecule has 1 aliphatic rings. The van der Waals surface area contributed by atoms with Crippen LogP contribution in [0.1, 0.15) is 56.6 Å². The lowest BCUT2D eigenvalue weighted by Gasteiger charge is -2.08. The Morgan fingerprint density at radius 3 is 2.79 bits per heavy atom. The number of aryl methyl sites for hydroxylation is 1. The summed E-state index contributed by atoms with van der Waals surface area (Å²) < 4.78 is 11.7. The van der Waals surface area contributed by atoms with Gasteiger partial charge in [0.2, 0.25) is 0 Å². The van der Waals surface area contributed by atoms with Crippen LogP contribution >= 0.6 is 0 Å². The van der Waals surface area contributed by atoms with Crippen molar-refractivity contribution < 1.29 is 9.15 Å². The molecule has 1 fully saturated rings. The number of hydrogen-bond donors (Lipinski definition) is 1. The molecule has 0 spiro atoms. The Balaban J connectivity index is 1.78. The number of rotatable bonds is 7. The molecule has 0 radical (unpaired) electrons. The molecule has 0 saturated heterocycles. The standard InChI is InChI=1S/C16H27NO2/c1-12(2)9-17-10-14-8-16(19-13(14)3)11-18-15-6-4-5-7-15/h8,12,15,17H,4-7,9-11H2,1-3H3. The summed E-state index contributed by atoms with van der Waals surface area (Å²) >= 11 is 0. The van der Waals surface area contributed by atoms with Crippen molar-refractivity contribution in [3.05, 3.63) is 23.2 Å². The number of ether oxygens (including phenoxy) is 1. The van der Waals surface area contributed by atoms with Crippen LogP contribution in [0.3, 0.4) is 0 Å². The van der Waals surface area contributed by atoms with E-state index in [1.807, 2.05) is 6.92 Å². The van der Waals surface area contributed by atoms with Crippen LogP contribution in [0, 0.1) is 12.8 Å². The second-order valence-corrected chi connectivity index (χ2v) is 6.04. The van der Waals surface area contributed by atoms with E-state index in [4.69, 9.17) is 9.15 Å². The monoisotopic (exact) mass is 265 g/mol. The van der Waals surface area contributed by atoms with Gasteiger partial charge >= 0.3 is 0 Å². The molecule has 1 aliphatic carbocycles. The summed E-state index contributed by atoms with van der Waals surface area (Å²) in [5.74, 6) is 2.66. The fourth-order valence-corrected chi connectivity index (χ4v) is 2.58. The summed E-state index contributed by atoms with van der Waals surface area (Å²) in [5.41, 5.74) is 1.26. The van der Waals surface area contributed by atoms with E-state index in [1.165, 1.54) is 31.2 Å². The van der Waals surface area contributed by atoms with Crippen molar-refractivity contribution in [3.8, 4) is 0 Å². The van der Waals surface area contributed by atoms with Gasteiger partial charge in [0.05, 0.1) is 6.10 Å². The minimum Gasteiger partial charge on any atom is -0.464 e. The smallest absolute Gasteiger partial charge is 0.130 e. The highest BCUT2D eigenvalue weighted by molar-refractivity contribution is 5.20. The van der Waals surface area contributed by atoms with Gasteiger partial charge in [0.15, 0.2) is 0 Å². The van der Waals surface area contributed by atoms with Crippen LogP contribution in [0.25, 0.3) is 0 Å². The van der Waals surface area contributed by atoms with Gasteiger partial charge in [-0.15, -0.1) is 0 Å². The molecule has 0 amide bonds. The summed E-state index contributed by atoms with van der Waals surface area (Å²) in [6, 6.07) is 2.14. The first kappa shape index (κ1) is 14.6. The maximum absolute atomic E-state index is 5.89. The first-order valence-corrected chi connectivity index (χ1v) is 7.55. The van der Waals surface area contributed by atoms with E-state index in [0.717, 1.165) is 24.6 Å². The van der Waals surface area contributed by atoms with Crippen molar-refractivity contribution in [1.29, 1.82) is 0 Å². The lowest BCUT2D eigenvalue weighted by atomic mass is 10.2.